The lowest BCUT2D eigenvalue weighted by molar-refractivity contribution is -0.0987. The van der Waals surface area contributed by atoms with Crippen LogP contribution in [-0.4, -0.2) is 18.6 Å². The molecule has 4 nitrogen and oxygen atoms in total. The maximum absolute atomic E-state index is 8.00. The number of hydrogen-bond donors (Lipinski definition) is 0. The molecule has 0 bridgehead atoms. The van der Waals surface area contributed by atoms with Gasteiger partial charge in [-0.05, 0) is 17.3 Å². The van der Waals surface area contributed by atoms with Crippen LogP contribution in [0.5, 0.6) is 0 Å². The Hall–Kier alpha value is -2.58. The summed E-state index contributed by atoms with van der Waals surface area (Å²) < 4.78 is 5.83. The highest BCUT2D eigenvalue weighted by molar-refractivity contribution is 7.27. The predicted octanol–water partition coefficient (Wildman–Crippen LogP) is 4.01. The van der Waals surface area contributed by atoms with Crippen LogP contribution in [0.1, 0.15) is 18.4 Å². The first kappa shape index (κ1) is 20.5. The lowest BCUT2D eigenvalue weighted by atomic mass is 10.0. The number of rotatable bonds is 3. The number of oxazole rings is 1. The Labute approximate surface area is 150 Å². The largest absolute Gasteiger partial charge is 0.440 e. The van der Waals surface area contributed by atoms with Crippen LogP contribution in [0.4, 0.5) is 0 Å². The monoisotopic (exact) mass is 355 g/mol. The molecule has 3 rings (SSSR count). The topological polar surface area (TPSA) is 60.2 Å². The van der Waals surface area contributed by atoms with E-state index in [4.69, 9.17) is 14.0 Å². The van der Waals surface area contributed by atoms with Crippen LogP contribution in [-0.2, 0) is 16.0 Å². The molecule has 0 amide bonds. The summed E-state index contributed by atoms with van der Waals surface area (Å²) in [5.74, 6) is 1.52. The molecular formula is C20H22NO3P. The Morgan fingerprint density at radius 1 is 0.920 bits per heavy atom. The number of aromatic nitrogens is 1. The van der Waals surface area contributed by atoms with Gasteiger partial charge in [-0.1, -0.05) is 55.5 Å². The van der Waals surface area contributed by atoms with Gasteiger partial charge in [0.25, 0.3) is 0 Å². The molecule has 0 saturated carbocycles. The van der Waals surface area contributed by atoms with Crippen molar-refractivity contribution in [2.24, 2.45) is 0 Å². The van der Waals surface area contributed by atoms with Crippen LogP contribution in [0.2, 0.25) is 0 Å². The Balaban J connectivity index is 0.000000730. The SMILES string of the molecule is C=O.C=O.CCc1ccc(-c2nc(C)oc2-c2ccc(P)cc2)cc1. The van der Waals surface area contributed by atoms with Gasteiger partial charge in [-0.25, -0.2) is 4.98 Å². The summed E-state index contributed by atoms with van der Waals surface area (Å²) >= 11 is 0. The second kappa shape index (κ2) is 10.3. The summed E-state index contributed by atoms with van der Waals surface area (Å²) in [6.45, 7) is 8.04. The molecule has 3 aromatic rings. The minimum absolute atomic E-state index is 0.689. The number of hydrogen-bond acceptors (Lipinski definition) is 4. The molecule has 130 valence electrons. The van der Waals surface area contributed by atoms with E-state index >= 15 is 0 Å². The van der Waals surface area contributed by atoms with Crippen LogP contribution in [0, 0.1) is 6.92 Å². The van der Waals surface area contributed by atoms with E-state index in [1.54, 1.807) is 0 Å². The van der Waals surface area contributed by atoms with Gasteiger partial charge in [-0.2, -0.15) is 0 Å². The van der Waals surface area contributed by atoms with Crippen LogP contribution in [0.15, 0.2) is 52.9 Å². The first-order chi connectivity index (χ1) is 12.2. The maximum Gasteiger partial charge on any atom is 0.192 e. The third kappa shape index (κ3) is 5.20. The lowest BCUT2D eigenvalue weighted by Crippen LogP contribution is -1.89. The van der Waals surface area contributed by atoms with Gasteiger partial charge in [0, 0.05) is 18.1 Å². The zero-order valence-corrected chi connectivity index (χ0v) is 15.6. The molecule has 0 aliphatic rings. The third-order valence-corrected chi connectivity index (χ3v) is 3.93. The molecule has 1 aromatic heterocycles. The summed E-state index contributed by atoms with van der Waals surface area (Å²) in [7, 11) is 2.69. The number of aryl methyl sites for hydroxylation is 2. The van der Waals surface area contributed by atoms with Gasteiger partial charge in [0.2, 0.25) is 0 Å². The van der Waals surface area contributed by atoms with Crippen molar-refractivity contribution in [1.29, 1.82) is 0 Å². The summed E-state index contributed by atoms with van der Waals surface area (Å²) in [4.78, 5) is 20.6. The molecule has 0 radical (unpaired) electrons. The fourth-order valence-electron chi connectivity index (χ4n) is 2.35. The fourth-order valence-corrected chi connectivity index (χ4v) is 2.54. The summed E-state index contributed by atoms with van der Waals surface area (Å²) in [5, 5.41) is 1.16. The molecule has 0 fully saturated rings. The van der Waals surface area contributed by atoms with E-state index in [2.05, 4.69) is 69.7 Å². The summed E-state index contributed by atoms with van der Waals surface area (Å²) in [5.41, 5.74) is 4.38. The zero-order valence-electron chi connectivity index (χ0n) is 14.5. The first-order valence-corrected chi connectivity index (χ1v) is 8.25. The van der Waals surface area contributed by atoms with Crippen LogP contribution < -0.4 is 5.30 Å². The Bertz CT molecular complexity index is 778. The van der Waals surface area contributed by atoms with Crippen molar-refractivity contribution < 1.29 is 14.0 Å². The molecule has 0 saturated heterocycles. The van der Waals surface area contributed by atoms with Gasteiger partial charge in [-0.15, -0.1) is 9.24 Å². The Kier molecular flexibility index (Phi) is 8.45. The summed E-state index contributed by atoms with van der Waals surface area (Å²) in [6, 6.07) is 16.8. The lowest BCUT2D eigenvalue weighted by Gasteiger charge is -2.03. The van der Waals surface area contributed by atoms with E-state index in [1.807, 2.05) is 20.5 Å². The molecule has 25 heavy (non-hydrogen) atoms. The second-order valence-electron chi connectivity index (χ2n) is 5.08. The van der Waals surface area contributed by atoms with Crippen molar-refractivity contribution in [2.45, 2.75) is 20.3 Å². The van der Waals surface area contributed by atoms with E-state index in [9.17, 15) is 0 Å². The standard InChI is InChI=1S/C18H18NOP.2CH2O/c1-3-13-4-6-14(7-5-13)17-18(20-12(2)19-17)15-8-10-16(21)11-9-15;2*1-2/h4-11H,3,21H2,1-2H3;2*1H2. The minimum Gasteiger partial charge on any atom is -0.440 e. The van der Waals surface area contributed by atoms with Gasteiger partial charge in [-0.3, -0.25) is 0 Å². The molecule has 1 heterocycles. The van der Waals surface area contributed by atoms with Crippen LogP contribution >= 0.6 is 9.24 Å². The molecule has 0 aliphatic heterocycles. The van der Waals surface area contributed by atoms with E-state index in [0.717, 1.165) is 34.3 Å². The number of carbonyl (C=O) groups excluding carboxylic acids is 2. The molecule has 0 N–H and O–H groups in total. The van der Waals surface area contributed by atoms with Crippen molar-refractivity contribution in [3.63, 3.8) is 0 Å². The van der Waals surface area contributed by atoms with Crippen LogP contribution in [0.3, 0.4) is 0 Å². The van der Waals surface area contributed by atoms with Crippen LogP contribution in [0.25, 0.3) is 22.6 Å². The van der Waals surface area contributed by atoms with Gasteiger partial charge in [0.1, 0.15) is 19.3 Å². The highest BCUT2D eigenvalue weighted by atomic mass is 31.0. The quantitative estimate of drug-likeness (QED) is 0.666. The van der Waals surface area contributed by atoms with Gasteiger partial charge in [0.05, 0.1) is 0 Å². The van der Waals surface area contributed by atoms with E-state index < -0.39 is 0 Å². The Morgan fingerprint density at radius 3 is 1.96 bits per heavy atom. The average molecular weight is 355 g/mol. The molecule has 0 aliphatic carbocycles. The van der Waals surface area contributed by atoms with Crippen molar-refractivity contribution >= 4 is 28.1 Å². The molecule has 1 unspecified atom stereocenters. The maximum atomic E-state index is 8.00. The average Bonchev–Trinajstić information content (AvgIpc) is 3.07. The normalized spacial score (nSPS) is 9.40. The molecule has 2 aromatic carbocycles. The molecule has 1 atom stereocenters. The van der Waals surface area contributed by atoms with Gasteiger partial charge >= 0.3 is 0 Å². The highest BCUT2D eigenvalue weighted by Crippen LogP contribution is 2.32. The highest BCUT2D eigenvalue weighted by Gasteiger charge is 2.14. The van der Waals surface area contributed by atoms with Crippen molar-refractivity contribution in [1.82, 2.24) is 4.98 Å². The van der Waals surface area contributed by atoms with E-state index in [-0.39, 0.29) is 0 Å². The van der Waals surface area contributed by atoms with Crippen molar-refractivity contribution in [3.8, 4) is 22.6 Å². The number of carbonyl (C=O) groups is 2. The molecule has 5 heteroatoms. The van der Waals surface area contributed by atoms with E-state index in [1.165, 1.54) is 5.56 Å². The van der Waals surface area contributed by atoms with Crippen molar-refractivity contribution in [2.75, 3.05) is 0 Å². The molecular weight excluding hydrogens is 333 g/mol. The zero-order chi connectivity index (χ0) is 18.8. The fraction of sp³-hybridized carbons (Fsp3) is 0.150. The first-order valence-electron chi connectivity index (χ1n) is 7.67. The Morgan fingerprint density at radius 2 is 1.44 bits per heavy atom. The smallest absolute Gasteiger partial charge is 0.192 e. The molecule has 0 spiro atoms. The predicted molar refractivity (Wildman–Crippen MR) is 105 cm³/mol. The summed E-state index contributed by atoms with van der Waals surface area (Å²) in [6.07, 6.45) is 1.04. The van der Waals surface area contributed by atoms with Crippen molar-refractivity contribution in [3.05, 3.63) is 60.0 Å². The number of nitrogens with zero attached hydrogens (tertiary/aromatic N) is 1. The second-order valence-corrected chi connectivity index (χ2v) is 5.75. The minimum atomic E-state index is 0.689. The van der Waals surface area contributed by atoms with Gasteiger partial charge in [0.15, 0.2) is 11.7 Å². The third-order valence-electron chi connectivity index (χ3n) is 3.54. The van der Waals surface area contributed by atoms with E-state index in [0.29, 0.717) is 5.89 Å². The number of benzene rings is 2. The van der Waals surface area contributed by atoms with Gasteiger partial charge < -0.3 is 14.0 Å².